The zero-order valence-electron chi connectivity index (χ0n) is 15.3. The van der Waals surface area contributed by atoms with Crippen LogP contribution in [-0.2, 0) is 4.79 Å². The lowest BCUT2D eigenvalue weighted by molar-refractivity contribution is -0.132. The monoisotopic (exact) mass is 448 g/mol. The Morgan fingerprint density at radius 1 is 1.11 bits per heavy atom. The third-order valence-corrected chi connectivity index (χ3v) is 5.27. The highest BCUT2D eigenvalue weighted by molar-refractivity contribution is 9.10. The van der Waals surface area contributed by atoms with Gasteiger partial charge in [-0.05, 0) is 29.8 Å². The summed E-state index contributed by atoms with van der Waals surface area (Å²) in [6, 6.07) is 12.9. The maximum Gasteiger partial charge on any atom is 0.312 e. The maximum absolute atomic E-state index is 14.0. The SMILES string of the molecule is NC(=O)NC(CC(=O)N1CCN(c2ccccc2F)CC1)c1cccc(Br)c1. The first-order valence-electron chi connectivity index (χ1n) is 9.02. The van der Waals surface area contributed by atoms with Crippen LogP contribution in [0.5, 0.6) is 0 Å². The van der Waals surface area contributed by atoms with Crippen molar-refractivity contribution in [2.24, 2.45) is 5.73 Å². The number of nitrogens with one attached hydrogen (secondary N) is 1. The van der Waals surface area contributed by atoms with Crippen LogP contribution in [0.1, 0.15) is 18.0 Å². The molecule has 2 aromatic rings. The van der Waals surface area contributed by atoms with Gasteiger partial charge in [0.25, 0.3) is 0 Å². The number of amides is 3. The molecule has 8 heteroatoms. The Morgan fingerprint density at radius 3 is 2.46 bits per heavy atom. The number of para-hydroxylation sites is 1. The molecule has 0 aromatic heterocycles. The largest absolute Gasteiger partial charge is 0.366 e. The molecule has 3 amide bonds. The van der Waals surface area contributed by atoms with Gasteiger partial charge in [-0.3, -0.25) is 4.79 Å². The topological polar surface area (TPSA) is 78.7 Å². The van der Waals surface area contributed by atoms with Crippen LogP contribution in [0.15, 0.2) is 53.0 Å². The van der Waals surface area contributed by atoms with Crippen molar-refractivity contribution in [1.82, 2.24) is 10.2 Å². The highest BCUT2D eigenvalue weighted by Gasteiger charge is 2.26. The molecule has 0 aliphatic carbocycles. The number of piperazine rings is 1. The number of hydrogen-bond donors (Lipinski definition) is 2. The molecule has 1 unspecified atom stereocenters. The van der Waals surface area contributed by atoms with Gasteiger partial charge in [-0.25, -0.2) is 9.18 Å². The van der Waals surface area contributed by atoms with E-state index in [0.29, 0.717) is 31.9 Å². The Morgan fingerprint density at radius 2 is 1.82 bits per heavy atom. The lowest BCUT2D eigenvalue weighted by Gasteiger charge is -2.36. The van der Waals surface area contributed by atoms with Gasteiger partial charge in [0.15, 0.2) is 0 Å². The van der Waals surface area contributed by atoms with E-state index >= 15 is 0 Å². The standard InChI is InChI=1S/C20H22BrFN4O2/c21-15-5-3-4-14(12-15)17(24-20(23)28)13-19(27)26-10-8-25(9-11-26)18-7-2-1-6-16(18)22/h1-7,12,17H,8-11,13H2,(H3,23,24,28). The quantitative estimate of drug-likeness (QED) is 0.737. The van der Waals surface area contributed by atoms with E-state index in [-0.39, 0.29) is 18.1 Å². The Balaban J connectivity index is 1.63. The summed E-state index contributed by atoms with van der Waals surface area (Å²) in [6.07, 6.45) is 0.110. The van der Waals surface area contributed by atoms with Gasteiger partial charge in [0, 0.05) is 30.7 Å². The van der Waals surface area contributed by atoms with Crippen molar-refractivity contribution >= 4 is 33.6 Å². The van der Waals surface area contributed by atoms with Crippen LogP contribution in [0.25, 0.3) is 0 Å². The Bertz CT molecular complexity index is 856. The molecule has 0 radical (unpaired) electrons. The number of primary amides is 1. The van der Waals surface area contributed by atoms with E-state index in [2.05, 4.69) is 21.2 Å². The second-order valence-electron chi connectivity index (χ2n) is 6.64. The summed E-state index contributed by atoms with van der Waals surface area (Å²) >= 11 is 3.40. The summed E-state index contributed by atoms with van der Waals surface area (Å²) in [7, 11) is 0. The second-order valence-corrected chi connectivity index (χ2v) is 7.56. The van der Waals surface area contributed by atoms with Gasteiger partial charge in [-0.15, -0.1) is 0 Å². The number of nitrogens with two attached hydrogens (primary N) is 1. The average Bonchev–Trinajstić information content (AvgIpc) is 2.67. The first kappa shape index (κ1) is 20.1. The van der Waals surface area contributed by atoms with E-state index in [9.17, 15) is 14.0 Å². The molecule has 3 rings (SSSR count). The minimum Gasteiger partial charge on any atom is -0.366 e. The zero-order chi connectivity index (χ0) is 20.1. The summed E-state index contributed by atoms with van der Waals surface area (Å²) in [5.74, 6) is -0.338. The average molecular weight is 449 g/mol. The number of anilines is 1. The number of halogens is 2. The Labute approximate surface area is 171 Å². The molecule has 1 fully saturated rings. The molecule has 1 heterocycles. The van der Waals surface area contributed by atoms with Crippen LogP contribution >= 0.6 is 15.9 Å². The van der Waals surface area contributed by atoms with Crippen molar-refractivity contribution in [3.8, 4) is 0 Å². The number of nitrogens with zero attached hydrogens (tertiary/aromatic N) is 2. The molecule has 1 saturated heterocycles. The molecule has 1 aliphatic rings. The summed E-state index contributed by atoms with van der Waals surface area (Å²) in [6.45, 7) is 2.10. The Kier molecular flexibility index (Phi) is 6.51. The van der Waals surface area contributed by atoms with Gasteiger partial charge >= 0.3 is 6.03 Å². The van der Waals surface area contributed by atoms with Crippen LogP contribution in [0, 0.1) is 5.82 Å². The third-order valence-electron chi connectivity index (χ3n) is 4.77. The van der Waals surface area contributed by atoms with Crippen LogP contribution in [-0.4, -0.2) is 43.0 Å². The van der Waals surface area contributed by atoms with Gasteiger partial charge in [0.05, 0.1) is 18.2 Å². The molecule has 2 aromatic carbocycles. The fourth-order valence-electron chi connectivity index (χ4n) is 3.36. The molecular formula is C20H22BrFN4O2. The third kappa shape index (κ3) is 5.01. The molecule has 148 valence electrons. The first-order valence-corrected chi connectivity index (χ1v) is 9.82. The molecule has 0 spiro atoms. The number of benzene rings is 2. The number of rotatable bonds is 5. The second kappa shape index (κ2) is 9.05. The summed E-state index contributed by atoms with van der Waals surface area (Å²) in [5, 5.41) is 2.65. The normalized spacial score (nSPS) is 15.2. The smallest absolute Gasteiger partial charge is 0.312 e. The van der Waals surface area contributed by atoms with E-state index in [1.165, 1.54) is 6.07 Å². The minimum atomic E-state index is -0.679. The van der Waals surface area contributed by atoms with Crippen LogP contribution in [0.4, 0.5) is 14.9 Å². The van der Waals surface area contributed by atoms with Gasteiger partial charge < -0.3 is 20.9 Å². The number of carbonyl (C=O) groups excluding carboxylic acids is 2. The van der Waals surface area contributed by atoms with Gasteiger partial charge in [-0.2, -0.15) is 0 Å². The van der Waals surface area contributed by atoms with Crippen molar-refractivity contribution < 1.29 is 14.0 Å². The fourth-order valence-corrected chi connectivity index (χ4v) is 3.77. The van der Waals surface area contributed by atoms with Gasteiger partial charge in [-0.1, -0.05) is 40.2 Å². The molecule has 1 atom stereocenters. The highest BCUT2D eigenvalue weighted by Crippen LogP contribution is 2.23. The van der Waals surface area contributed by atoms with Crippen LogP contribution in [0.2, 0.25) is 0 Å². The van der Waals surface area contributed by atoms with Crippen molar-refractivity contribution in [3.63, 3.8) is 0 Å². The van der Waals surface area contributed by atoms with E-state index in [4.69, 9.17) is 5.73 Å². The van der Waals surface area contributed by atoms with E-state index in [1.54, 1.807) is 23.1 Å². The predicted molar refractivity (Wildman–Crippen MR) is 109 cm³/mol. The lowest BCUT2D eigenvalue weighted by atomic mass is 10.0. The summed E-state index contributed by atoms with van der Waals surface area (Å²) < 4.78 is 14.8. The fraction of sp³-hybridized carbons (Fsp3) is 0.300. The van der Waals surface area contributed by atoms with Gasteiger partial charge in [0.1, 0.15) is 5.82 Å². The molecule has 0 saturated carbocycles. The van der Waals surface area contributed by atoms with Crippen LogP contribution in [0.3, 0.4) is 0 Å². The summed E-state index contributed by atoms with van der Waals surface area (Å²) in [4.78, 5) is 27.9. The Hall–Kier alpha value is -2.61. The van der Waals surface area contributed by atoms with Gasteiger partial charge in [0.2, 0.25) is 5.91 Å². The lowest BCUT2D eigenvalue weighted by Crippen LogP contribution is -2.49. The van der Waals surface area contributed by atoms with Crippen molar-refractivity contribution in [3.05, 3.63) is 64.4 Å². The molecule has 1 aliphatic heterocycles. The van der Waals surface area contributed by atoms with Crippen LogP contribution < -0.4 is 16.0 Å². The summed E-state index contributed by atoms with van der Waals surface area (Å²) in [5.41, 5.74) is 6.64. The zero-order valence-corrected chi connectivity index (χ0v) is 16.9. The number of urea groups is 1. The molecule has 0 bridgehead atoms. The van der Waals surface area contributed by atoms with Crippen molar-refractivity contribution in [2.45, 2.75) is 12.5 Å². The number of hydrogen-bond acceptors (Lipinski definition) is 3. The maximum atomic E-state index is 14.0. The highest BCUT2D eigenvalue weighted by atomic mass is 79.9. The molecule has 3 N–H and O–H groups in total. The van der Waals surface area contributed by atoms with E-state index < -0.39 is 12.1 Å². The van der Waals surface area contributed by atoms with Crippen molar-refractivity contribution in [2.75, 3.05) is 31.1 Å². The first-order chi connectivity index (χ1) is 13.4. The molecular weight excluding hydrogens is 427 g/mol. The predicted octanol–water partition coefficient (Wildman–Crippen LogP) is 3.04. The minimum absolute atomic E-state index is 0.0769. The van der Waals surface area contributed by atoms with E-state index in [1.807, 2.05) is 29.2 Å². The van der Waals surface area contributed by atoms with Crippen molar-refractivity contribution in [1.29, 1.82) is 0 Å². The number of carbonyl (C=O) groups is 2. The molecule has 28 heavy (non-hydrogen) atoms. The van der Waals surface area contributed by atoms with E-state index in [0.717, 1.165) is 10.0 Å². The molecule has 6 nitrogen and oxygen atoms in total.